The van der Waals surface area contributed by atoms with Gasteiger partial charge in [-0.2, -0.15) is 0 Å². The summed E-state index contributed by atoms with van der Waals surface area (Å²) in [6, 6.07) is 0. The predicted octanol–water partition coefficient (Wildman–Crippen LogP) is 0.973. The van der Waals surface area contributed by atoms with Gasteiger partial charge in [0, 0.05) is 6.92 Å². The summed E-state index contributed by atoms with van der Waals surface area (Å²) in [5, 5.41) is 0. The standard InChI is InChI=1S/C6H7O3/c1-5(7)9-6-3-2-4-8-6/h2,4H,3H2,1H3. The SMILES string of the molecule is CC(=O)O[C]1CC=CO1. The molecule has 49 valence electrons. The second kappa shape index (κ2) is 2.53. The summed E-state index contributed by atoms with van der Waals surface area (Å²) in [5.74, 6) is -0.339. The van der Waals surface area contributed by atoms with Crippen molar-refractivity contribution in [2.24, 2.45) is 0 Å². The first kappa shape index (κ1) is 6.13. The van der Waals surface area contributed by atoms with Crippen molar-refractivity contribution in [1.29, 1.82) is 0 Å². The molecule has 0 amide bonds. The quantitative estimate of drug-likeness (QED) is 0.492. The van der Waals surface area contributed by atoms with E-state index in [1.165, 1.54) is 13.2 Å². The van der Waals surface area contributed by atoms with Gasteiger partial charge in [0.05, 0.1) is 12.7 Å². The third kappa shape index (κ3) is 1.76. The molecule has 1 aliphatic rings. The average Bonchev–Trinajstić information content (AvgIpc) is 2.15. The van der Waals surface area contributed by atoms with E-state index < -0.39 is 0 Å². The predicted molar refractivity (Wildman–Crippen MR) is 29.9 cm³/mol. The molecule has 0 aromatic rings. The molecule has 1 rings (SSSR count). The van der Waals surface area contributed by atoms with Gasteiger partial charge in [-0.25, -0.2) is 0 Å². The van der Waals surface area contributed by atoms with E-state index in [1.54, 1.807) is 6.08 Å². The van der Waals surface area contributed by atoms with Gasteiger partial charge in [-0.05, 0) is 6.08 Å². The van der Waals surface area contributed by atoms with Crippen LogP contribution in [0.25, 0.3) is 0 Å². The highest BCUT2D eigenvalue weighted by molar-refractivity contribution is 5.66. The highest BCUT2D eigenvalue weighted by atomic mass is 16.7. The zero-order valence-corrected chi connectivity index (χ0v) is 5.09. The number of ether oxygens (including phenoxy) is 2. The molecule has 0 atom stereocenters. The first-order chi connectivity index (χ1) is 4.29. The maximum Gasteiger partial charge on any atom is 0.335 e. The van der Waals surface area contributed by atoms with Crippen molar-refractivity contribution in [2.45, 2.75) is 13.3 Å². The number of hydrogen-bond acceptors (Lipinski definition) is 3. The van der Waals surface area contributed by atoms with E-state index in [1.807, 2.05) is 0 Å². The molecular weight excluding hydrogens is 120 g/mol. The Morgan fingerprint density at radius 1 is 1.89 bits per heavy atom. The molecule has 0 aliphatic carbocycles. The highest BCUT2D eigenvalue weighted by Crippen LogP contribution is 2.17. The largest absolute Gasteiger partial charge is 0.454 e. The molecule has 1 heterocycles. The summed E-state index contributed by atoms with van der Waals surface area (Å²) in [6.45, 7) is 1.34. The molecule has 0 aromatic carbocycles. The van der Waals surface area contributed by atoms with E-state index in [-0.39, 0.29) is 5.97 Å². The first-order valence-corrected chi connectivity index (χ1v) is 2.65. The molecule has 0 aromatic heterocycles. The number of carbonyl (C=O) groups excluding carboxylic acids is 1. The van der Waals surface area contributed by atoms with Crippen LogP contribution in [0.1, 0.15) is 13.3 Å². The summed E-state index contributed by atoms with van der Waals surface area (Å²) < 4.78 is 9.36. The van der Waals surface area contributed by atoms with Crippen LogP contribution < -0.4 is 0 Å². The van der Waals surface area contributed by atoms with Crippen molar-refractivity contribution in [3.05, 3.63) is 18.6 Å². The van der Waals surface area contributed by atoms with Gasteiger partial charge in [-0.3, -0.25) is 4.79 Å². The topological polar surface area (TPSA) is 35.5 Å². The average molecular weight is 127 g/mol. The van der Waals surface area contributed by atoms with Crippen LogP contribution in [0, 0.1) is 6.29 Å². The van der Waals surface area contributed by atoms with Crippen LogP contribution >= 0.6 is 0 Å². The highest BCUT2D eigenvalue weighted by Gasteiger charge is 2.16. The Balaban J connectivity index is 2.22. The van der Waals surface area contributed by atoms with Crippen molar-refractivity contribution in [3.8, 4) is 0 Å². The van der Waals surface area contributed by atoms with Crippen LogP contribution in [0.5, 0.6) is 0 Å². The van der Waals surface area contributed by atoms with Crippen LogP contribution in [-0.4, -0.2) is 5.97 Å². The number of rotatable bonds is 1. The third-order valence-electron chi connectivity index (χ3n) is 0.838. The first-order valence-electron chi connectivity index (χ1n) is 2.65. The fraction of sp³-hybridized carbons (Fsp3) is 0.333. The molecule has 1 aliphatic heterocycles. The molecule has 3 nitrogen and oxygen atoms in total. The maximum absolute atomic E-state index is 10.2. The van der Waals surface area contributed by atoms with Crippen LogP contribution in [0.4, 0.5) is 0 Å². The lowest BCUT2D eigenvalue weighted by atomic mass is 10.4. The van der Waals surface area contributed by atoms with E-state index >= 15 is 0 Å². The molecule has 1 radical (unpaired) electrons. The molecule has 0 unspecified atom stereocenters. The summed E-state index contributed by atoms with van der Waals surface area (Å²) >= 11 is 0. The summed E-state index contributed by atoms with van der Waals surface area (Å²) in [6.07, 6.45) is 4.22. The van der Waals surface area contributed by atoms with Gasteiger partial charge in [0.15, 0.2) is 0 Å². The molecule has 0 bridgehead atoms. The number of esters is 1. The van der Waals surface area contributed by atoms with E-state index in [9.17, 15) is 4.79 Å². The van der Waals surface area contributed by atoms with Gasteiger partial charge in [0.1, 0.15) is 0 Å². The Morgan fingerprint density at radius 2 is 2.67 bits per heavy atom. The van der Waals surface area contributed by atoms with Gasteiger partial charge in [0.25, 0.3) is 0 Å². The lowest BCUT2D eigenvalue weighted by Gasteiger charge is -2.05. The normalized spacial score (nSPS) is 17.4. The molecule has 0 spiro atoms. The third-order valence-corrected chi connectivity index (χ3v) is 0.838. The van der Waals surface area contributed by atoms with Crippen molar-refractivity contribution < 1.29 is 14.3 Å². The van der Waals surface area contributed by atoms with E-state index in [4.69, 9.17) is 4.74 Å². The minimum atomic E-state index is -0.339. The van der Waals surface area contributed by atoms with Crippen molar-refractivity contribution >= 4 is 5.97 Å². The van der Waals surface area contributed by atoms with E-state index in [2.05, 4.69) is 4.74 Å². The smallest absolute Gasteiger partial charge is 0.335 e. The molecule has 9 heavy (non-hydrogen) atoms. The maximum atomic E-state index is 10.2. The Morgan fingerprint density at radius 3 is 3.11 bits per heavy atom. The summed E-state index contributed by atoms with van der Waals surface area (Å²) in [5.41, 5.74) is 0. The molecule has 0 fully saturated rings. The minimum Gasteiger partial charge on any atom is -0.454 e. The Hall–Kier alpha value is -0.990. The second-order valence-corrected chi connectivity index (χ2v) is 1.66. The van der Waals surface area contributed by atoms with Gasteiger partial charge >= 0.3 is 12.3 Å². The molecular formula is C6H7O3. The number of carbonyl (C=O) groups is 1. The van der Waals surface area contributed by atoms with Crippen LogP contribution in [-0.2, 0) is 14.3 Å². The summed E-state index contributed by atoms with van der Waals surface area (Å²) in [4.78, 5) is 10.2. The van der Waals surface area contributed by atoms with Gasteiger partial charge < -0.3 is 9.47 Å². The van der Waals surface area contributed by atoms with E-state index in [0.29, 0.717) is 12.7 Å². The monoisotopic (exact) mass is 127 g/mol. The van der Waals surface area contributed by atoms with Crippen LogP contribution in [0.2, 0.25) is 0 Å². The zero-order chi connectivity index (χ0) is 6.69. The fourth-order valence-corrected chi connectivity index (χ4v) is 0.542. The Bertz CT molecular complexity index is 131. The Labute approximate surface area is 53.3 Å². The number of hydrogen-bond donors (Lipinski definition) is 0. The van der Waals surface area contributed by atoms with Crippen molar-refractivity contribution in [3.63, 3.8) is 0 Å². The zero-order valence-electron chi connectivity index (χ0n) is 5.09. The van der Waals surface area contributed by atoms with Crippen LogP contribution in [0.15, 0.2) is 12.3 Å². The fourth-order valence-electron chi connectivity index (χ4n) is 0.542. The summed E-state index contributed by atoms with van der Waals surface area (Å²) in [7, 11) is 0. The second-order valence-electron chi connectivity index (χ2n) is 1.66. The van der Waals surface area contributed by atoms with Gasteiger partial charge in [-0.15, -0.1) is 0 Å². The molecule has 0 saturated carbocycles. The molecule has 0 N–H and O–H groups in total. The van der Waals surface area contributed by atoms with Gasteiger partial charge in [-0.1, -0.05) is 0 Å². The van der Waals surface area contributed by atoms with Crippen molar-refractivity contribution in [1.82, 2.24) is 0 Å². The minimum absolute atomic E-state index is 0.339. The van der Waals surface area contributed by atoms with E-state index in [0.717, 1.165) is 0 Å². The van der Waals surface area contributed by atoms with Gasteiger partial charge in [0.2, 0.25) is 0 Å². The molecule has 3 heteroatoms. The lowest BCUT2D eigenvalue weighted by molar-refractivity contribution is -0.147. The van der Waals surface area contributed by atoms with Crippen molar-refractivity contribution in [2.75, 3.05) is 0 Å². The lowest BCUT2D eigenvalue weighted by Crippen LogP contribution is -2.05. The molecule has 0 saturated heterocycles. The Kier molecular flexibility index (Phi) is 1.72. The van der Waals surface area contributed by atoms with Crippen LogP contribution in [0.3, 0.4) is 0 Å².